The van der Waals surface area contributed by atoms with Gasteiger partial charge < -0.3 is 14.7 Å². The van der Waals surface area contributed by atoms with E-state index in [2.05, 4.69) is 20.9 Å². The molecular formula is C31H28BrF2N5O3. The number of amides is 2. The van der Waals surface area contributed by atoms with Crippen molar-refractivity contribution >= 4 is 44.3 Å². The van der Waals surface area contributed by atoms with E-state index in [0.717, 1.165) is 22.2 Å². The van der Waals surface area contributed by atoms with Gasteiger partial charge in [0.05, 0.1) is 23.3 Å². The quantitative estimate of drug-likeness (QED) is 0.313. The van der Waals surface area contributed by atoms with E-state index in [0.29, 0.717) is 37.0 Å². The van der Waals surface area contributed by atoms with Crippen LogP contribution in [0.4, 0.5) is 14.5 Å². The lowest BCUT2D eigenvalue weighted by atomic mass is 10.1. The van der Waals surface area contributed by atoms with Crippen molar-refractivity contribution in [3.63, 3.8) is 0 Å². The Bertz CT molecular complexity index is 1730. The maximum absolute atomic E-state index is 15.1. The van der Waals surface area contributed by atoms with Crippen molar-refractivity contribution in [1.29, 1.82) is 0 Å². The van der Waals surface area contributed by atoms with Gasteiger partial charge in [-0.15, -0.1) is 0 Å². The number of anilines is 1. The van der Waals surface area contributed by atoms with Crippen molar-refractivity contribution in [2.75, 3.05) is 31.6 Å². The Labute approximate surface area is 249 Å². The van der Waals surface area contributed by atoms with Crippen molar-refractivity contribution in [3.05, 3.63) is 105 Å². The number of nitrogens with zero attached hydrogens (tertiary/aromatic N) is 5. The zero-order valence-corrected chi connectivity index (χ0v) is 24.4. The molecule has 2 fully saturated rings. The van der Waals surface area contributed by atoms with Gasteiger partial charge in [0.15, 0.2) is 0 Å². The summed E-state index contributed by atoms with van der Waals surface area (Å²) in [5, 5.41) is 0.419. The fourth-order valence-electron chi connectivity index (χ4n) is 6.09. The van der Waals surface area contributed by atoms with E-state index < -0.39 is 17.5 Å². The third-order valence-electron chi connectivity index (χ3n) is 8.16. The number of aromatic nitrogens is 2. The highest BCUT2D eigenvalue weighted by Gasteiger charge is 2.45. The Morgan fingerprint density at radius 2 is 1.79 bits per heavy atom. The highest BCUT2D eigenvalue weighted by molar-refractivity contribution is 9.10. The lowest BCUT2D eigenvalue weighted by molar-refractivity contribution is -0.132. The van der Waals surface area contributed by atoms with Crippen LogP contribution in [0.25, 0.3) is 10.9 Å². The minimum absolute atomic E-state index is 0.0488. The van der Waals surface area contributed by atoms with Gasteiger partial charge in [-0.1, -0.05) is 46.3 Å². The molecule has 4 aromatic rings. The van der Waals surface area contributed by atoms with Crippen molar-refractivity contribution in [1.82, 2.24) is 19.4 Å². The number of halogens is 3. The molecule has 1 aromatic heterocycles. The summed E-state index contributed by atoms with van der Waals surface area (Å²) in [4.78, 5) is 48.6. The number of rotatable bonds is 6. The second-order valence-corrected chi connectivity index (χ2v) is 11.8. The van der Waals surface area contributed by atoms with E-state index in [1.54, 1.807) is 35.0 Å². The van der Waals surface area contributed by atoms with Gasteiger partial charge in [0.2, 0.25) is 5.91 Å². The van der Waals surface area contributed by atoms with Crippen LogP contribution in [-0.4, -0.2) is 63.9 Å². The van der Waals surface area contributed by atoms with Crippen LogP contribution in [-0.2, 0) is 17.9 Å². The molecule has 216 valence electrons. The third kappa shape index (κ3) is 5.29. The molecule has 0 bridgehead atoms. The smallest absolute Gasteiger partial charge is 0.261 e. The van der Waals surface area contributed by atoms with E-state index in [1.807, 2.05) is 30.3 Å². The molecule has 2 aliphatic heterocycles. The Kier molecular flexibility index (Phi) is 7.53. The Hall–Kier alpha value is -4.12. The Morgan fingerprint density at radius 3 is 2.52 bits per heavy atom. The van der Waals surface area contributed by atoms with Crippen LogP contribution in [0.5, 0.6) is 0 Å². The topological polar surface area (TPSA) is 78.8 Å². The van der Waals surface area contributed by atoms with Gasteiger partial charge in [0.1, 0.15) is 23.9 Å². The van der Waals surface area contributed by atoms with E-state index in [4.69, 9.17) is 0 Å². The van der Waals surface area contributed by atoms with Crippen LogP contribution in [0.3, 0.4) is 0 Å². The number of carbonyl (C=O) groups is 2. The molecule has 2 saturated heterocycles. The lowest BCUT2D eigenvalue weighted by Gasteiger charge is -2.25. The van der Waals surface area contributed by atoms with Crippen molar-refractivity contribution < 1.29 is 18.4 Å². The van der Waals surface area contributed by atoms with Crippen molar-refractivity contribution in [2.45, 2.75) is 25.6 Å². The molecule has 0 saturated carbocycles. The van der Waals surface area contributed by atoms with E-state index in [-0.39, 0.29) is 47.8 Å². The van der Waals surface area contributed by atoms with Crippen molar-refractivity contribution in [2.24, 2.45) is 5.92 Å². The zero-order valence-electron chi connectivity index (χ0n) is 22.8. The summed E-state index contributed by atoms with van der Waals surface area (Å²) in [5.41, 5.74) is 0.864. The molecule has 0 aliphatic carbocycles. The molecule has 6 rings (SSSR count). The molecule has 2 atom stereocenters. The van der Waals surface area contributed by atoms with Crippen molar-refractivity contribution in [3.8, 4) is 0 Å². The van der Waals surface area contributed by atoms with Crippen LogP contribution in [0.15, 0.2) is 76.3 Å². The molecule has 0 spiro atoms. The molecule has 0 unspecified atom stereocenters. The second kappa shape index (κ2) is 11.3. The molecular weight excluding hydrogens is 608 g/mol. The molecule has 0 N–H and O–H groups in total. The van der Waals surface area contributed by atoms with Gasteiger partial charge >= 0.3 is 0 Å². The zero-order chi connectivity index (χ0) is 29.5. The molecule has 0 radical (unpaired) electrons. The first-order valence-corrected chi connectivity index (χ1v) is 14.5. The summed E-state index contributed by atoms with van der Waals surface area (Å²) < 4.78 is 32.4. The van der Waals surface area contributed by atoms with Gasteiger partial charge in [-0.3, -0.25) is 19.0 Å². The summed E-state index contributed by atoms with van der Waals surface area (Å²) in [6, 6.07) is 16.4. The Morgan fingerprint density at radius 1 is 1.05 bits per heavy atom. The molecule has 42 heavy (non-hydrogen) atoms. The van der Waals surface area contributed by atoms with Gasteiger partial charge in [-0.2, -0.15) is 0 Å². The average molecular weight is 636 g/mol. The minimum atomic E-state index is -0.810. The summed E-state index contributed by atoms with van der Waals surface area (Å²) in [6.07, 6.45) is 2.07. The first kappa shape index (κ1) is 28.0. The number of benzene rings is 3. The first-order valence-electron chi connectivity index (χ1n) is 13.7. The molecule has 2 aliphatic rings. The summed E-state index contributed by atoms with van der Waals surface area (Å²) in [5.74, 6) is -2.29. The number of hydrogen-bond donors (Lipinski definition) is 0. The van der Waals surface area contributed by atoms with Crippen LogP contribution >= 0.6 is 15.9 Å². The number of hydrogen-bond acceptors (Lipinski definition) is 5. The fourth-order valence-corrected chi connectivity index (χ4v) is 6.44. The number of likely N-dealkylation sites (tertiary alicyclic amines) is 2. The van der Waals surface area contributed by atoms with Gasteiger partial charge in [0.25, 0.3) is 11.5 Å². The largest absolute Gasteiger partial charge is 0.366 e. The first-order chi connectivity index (χ1) is 20.2. The third-order valence-corrected chi connectivity index (χ3v) is 8.65. The standard InChI is InChI=1S/C31H28BrF2N5O3/c1-36(14-19-5-3-2-4-6-19)29-24(33)11-21(12-25(29)34)30(41)37-15-20-9-10-39(27(20)16-37)28(40)17-38-18-35-26-13-22(32)7-8-23(26)31(38)42/h2-8,11-13,18,20,27H,9-10,14-17H2,1H3/t20-,27+/m0/s1. The predicted molar refractivity (Wildman–Crippen MR) is 158 cm³/mol. The monoisotopic (exact) mass is 635 g/mol. The molecule has 8 nitrogen and oxygen atoms in total. The maximum atomic E-state index is 15.1. The SMILES string of the molecule is CN(Cc1ccccc1)c1c(F)cc(C(=O)N2C[C@@H]3CCN(C(=O)Cn4cnc5cc(Br)ccc5c4=O)[C@@H]3C2)cc1F. The van der Waals surface area contributed by atoms with E-state index >= 15 is 8.78 Å². The predicted octanol–water partition coefficient (Wildman–Crippen LogP) is 4.45. The molecule has 3 heterocycles. The summed E-state index contributed by atoms with van der Waals surface area (Å²) in [6.45, 7) is 1.31. The summed E-state index contributed by atoms with van der Waals surface area (Å²) in [7, 11) is 1.60. The second-order valence-electron chi connectivity index (χ2n) is 10.9. The van der Waals surface area contributed by atoms with Crippen LogP contribution in [0.2, 0.25) is 0 Å². The molecule has 3 aromatic carbocycles. The Balaban J connectivity index is 1.14. The molecule has 11 heteroatoms. The molecule has 2 amide bonds. The fraction of sp³-hybridized carbons (Fsp3) is 0.290. The highest BCUT2D eigenvalue weighted by atomic mass is 79.9. The van der Waals surface area contributed by atoms with E-state index in [9.17, 15) is 14.4 Å². The lowest BCUT2D eigenvalue weighted by Crippen LogP contribution is -2.43. The highest BCUT2D eigenvalue weighted by Crippen LogP contribution is 2.33. The van der Waals surface area contributed by atoms with Crippen LogP contribution in [0.1, 0.15) is 22.3 Å². The normalized spacial score (nSPS) is 18.0. The number of fused-ring (bicyclic) bond motifs is 2. The summed E-state index contributed by atoms with van der Waals surface area (Å²) >= 11 is 3.37. The maximum Gasteiger partial charge on any atom is 0.261 e. The van der Waals surface area contributed by atoms with Gasteiger partial charge in [-0.25, -0.2) is 13.8 Å². The van der Waals surface area contributed by atoms with Crippen LogP contribution in [0, 0.1) is 17.6 Å². The minimum Gasteiger partial charge on any atom is -0.366 e. The van der Waals surface area contributed by atoms with Gasteiger partial charge in [0, 0.05) is 49.2 Å². The van der Waals surface area contributed by atoms with Crippen LogP contribution < -0.4 is 10.5 Å². The van der Waals surface area contributed by atoms with E-state index in [1.165, 1.54) is 15.8 Å². The van der Waals surface area contributed by atoms with Gasteiger partial charge in [-0.05, 0) is 42.3 Å². The average Bonchev–Trinajstić information content (AvgIpc) is 3.55. The number of carbonyl (C=O) groups excluding carboxylic acids is 2.